The zero-order valence-electron chi connectivity index (χ0n) is 14.5. The molecule has 0 atom stereocenters. The van der Waals surface area contributed by atoms with Gasteiger partial charge in [0.1, 0.15) is 0 Å². The molecule has 5 nitrogen and oxygen atoms in total. The molecule has 0 radical (unpaired) electrons. The summed E-state index contributed by atoms with van der Waals surface area (Å²) in [5.74, 6) is 0.0598. The van der Waals surface area contributed by atoms with E-state index in [1.54, 1.807) is 37.2 Å². The highest BCUT2D eigenvalue weighted by atomic mass is 35.5. The highest BCUT2D eigenvalue weighted by Crippen LogP contribution is 2.31. The molecule has 2 aromatic carbocycles. The molecule has 9 heteroatoms. The van der Waals surface area contributed by atoms with Crippen molar-refractivity contribution in [2.45, 2.75) is 4.34 Å². The first-order chi connectivity index (χ1) is 12.8. The summed E-state index contributed by atoms with van der Waals surface area (Å²) in [4.78, 5) is 30.2. The Kier molecular flexibility index (Phi) is 6.26. The number of thiazole rings is 1. The predicted octanol–water partition coefficient (Wildman–Crippen LogP) is 5.04. The molecule has 140 valence electrons. The van der Waals surface area contributed by atoms with E-state index in [4.69, 9.17) is 23.2 Å². The van der Waals surface area contributed by atoms with Gasteiger partial charge in [-0.15, -0.1) is 11.3 Å². The van der Waals surface area contributed by atoms with Crippen LogP contribution >= 0.6 is 46.3 Å². The zero-order valence-corrected chi connectivity index (χ0v) is 17.6. The first kappa shape index (κ1) is 19.9. The van der Waals surface area contributed by atoms with E-state index in [-0.39, 0.29) is 11.8 Å². The smallest absolute Gasteiger partial charge is 0.257 e. The minimum absolute atomic E-state index is 0.0343. The van der Waals surface area contributed by atoms with Crippen LogP contribution in [0.3, 0.4) is 0 Å². The summed E-state index contributed by atoms with van der Waals surface area (Å²) >= 11 is 14.8. The Bertz CT molecular complexity index is 1020. The molecule has 0 aliphatic carbocycles. The summed E-state index contributed by atoms with van der Waals surface area (Å²) in [7, 11) is 3.45. The molecule has 0 saturated heterocycles. The molecular formula is C18H15Cl2N3O2S2. The Morgan fingerprint density at radius 2 is 1.96 bits per heavy atom. The van der Waals surface area contributed by atoms with E-state index in [2.05, 4.69) is 10.3 Å². The second-order valence-electron chi connectivity index (χ2n) is 5.82. The monoisotopic (exact) mass is 439 g/mol. The van der Waals surface area contributed by atoms with Gasteiger partial charge in [0, 0.05) is 24.8 Å². The van der Waals surface area contributed by atoms with Crippen LogP contribution in [0.2, 0.25) is 10.0 Å². The topological polar surface area (TPSA) is 62.3 Å². The van der Waals surface area contributed by atoms with Crippen LogP contribution in [0, 0.1) is 0 Å². The Labute approximate surface area is 174 Å². The van der Waals surface area contributed by atoms with E-state index in [9.17, 15) is 9.59 Å². The van der Waals surface area contributed by atoms with Gasteiger partial charge in [-0.25, -0.2) is 4.98 Å². The molecule has 3 aromatic rings. The first-order valence-corrected chi connectivity index (χ1v) is 10.4. The number of carbonyl (C=O) groups is 2. The number of rotatable bonds is 5. The lowest BCUT2D eigenvalue weighted by molar-refractivity contribution is -0.125. The van der Waals surface area contributed by atoms with Crippen molar-refractivity contribution >= 4 is 74.0 Å². The largest absolute Gasteiger partial charge is 0.348 e. The van der Waals surface area contributed by atoms with Crippen molar-refractivity contribution in [3.63, 3.8) is 0 Å². The van der Waals surface area contributed by atoms with Crippen molar-refractivity contribution in [3.8, 4) is 0 Å². The Balaban J connectivity index is 1.74. The number of anilines is 1. The molecule has 0 aliphatic heterocycles. The maximum atomic E-state index is 12.4. The van der Waals surface area contributed by atoms with Crippen LogP contribution in [0.4, 0.5) is 5.69 Å². The van der Waals surface area contributed by atoms with E-state index in [1.807, 2.05) is 12.1 Å². The van der Waals surface area contributed by atoms with E-state index in [1.165, 1.54) is 29.2 Å². The summed E-state index contributed by atoms with van der Waals surface area (Å²) in [5.41, 5.74) is 1.81. The first-order valence-electron chi connectivity index (χ1n) is 7.83. The zero-order chi connectivity index (χ0) is 19.6. The number of halogens is 2. The SMILES string of the molecule is CN(C)C(=O)CSc1nc2ccc(NC(=O)c3ccc(Cl)cc3Cl)cc2s1. The summed E-state index contributed by atoms with van der Waals surface area (Å²) in [5, 5.41) is 3.60. The summed E-state index contributed by atoms with van der Waals surface area (Å²) in [6, 6.07) is 10.2. The van der Waals surface area contributed by atoms with Crippen LogP contribution in [0.5, 0.6) is 0 Å². The quantitative estimate of drug-likeness (QED) is 0.565. The molecular weight excluding hydrogens is 425 g/mol. The maximum absolute atomic E-state index is 12.4. The van der Waals surface area contributed by atoms with Crippen LogP contribution in [-0.2, 0) is 4.79 Å². The fourth-order valence-electron chi connectivity index (χ4n) is 2.17. The molecule has 0 spiro atoms. The molecule has 2 amide bonds. The Morgan fingerprint density at radius 1 is 1.19 bits per heavy atom. The molecule has 0 fully saturated rings. The van der Waals surface area contributed by atoms with E-state index < -0.39 is 0 Å². The van der Waals surface area contributed by atoms with Gasteiger partial charge in [0.05, 0.1) is 26.6 Å². The highest BCUT2D eigenvalue weighted by molar-refractivity contribution is 8.01. The lowest BCUT2D eigenvalue weighted by Crippen LogP contribution is -2.23. The van der Waals surface area contributed by atoms with Crippen LogP contribution in [-0.4, -0.2) is 41.5 Å². The van der Waals surface area contributed by atoms with Crippen LogP contribution in [0.1, 0.15) is 10.4 Å². The number of nitrogens with zero attached hydrogens (tertiary/aromatic N) is 2. The van der Waals surface area contributed by atoms with Crippen LogP contribution in [0.25, 0.3) is 10.2 Å². The van der Waals surface area contributed by atoms with E-state index >= 15 is 0 Å². The van der Waals surface area contributed by atoms with Crippen molar-refractivity contribution in [1.29, 1.82) is 0 Å². The third-order valence-electron chi connectivity index (χ3n) is 3.62. The number of fused-ring (bicyclic) bond motifs is 1. The van der Waals surface area contributed by atoms with Gasteiger partial charge in [-0.2, -0.15) is 0 Å². The van der Waals surface area contributed by atoms with Gasteiger partial charge in [-0.05, 0) is 36.4 Å². The number of hydrogen-bond acceptors (Lipinski definition) is 5. The van der Waals surface area contributed by atoms with Crippen molar-refractivity contribution in [2.75, 3.05) is 25.2 Å². The van der Waals surface area contributed by atoms with Gasteiger partial charge >= 0.3 is 0 Å². The van der Waals surface area contributed by atoms with Crippen LogP contribution in [0.15, 0.2) is 40.7 Å². The van der Waals surface area contributed by atoms with Gasteiger partial charge in [0.2, 0.25) is 5.91 Å². The number of benzene rings is 2. The minimum Gasteiger partial charge on any atom is -0.348 e. The van der Waals surface area contributed by atoms with Gasteiger partial charge in [-0.1, -0.05) is 35.0 Å². The van der Waals surface area contributed by atoms with Gasteiger partial charge < -0.3 is 10.2 Å². The molecule has 0 unspecified atom stereocenters. The number of amides is 2. The van der Waals surface area contributed by atoms with Crippen molar-refractivity contribution in [3.05, 3.63) is 52.0 Å². The fraction of sp³-hybridized carbons (Fsp3) is 0.167. The third-order valence-corrected chi connectivity index (χ3v) is 6.31. The molecule has 3 rings (SSSR count). The molecule has 1 heterocycles. The average Bonchev–Trinajstić information content (AvgIpc) is 3.01. The highest BCUT2D eigenvalue weighted by Gasteiger charge is 2.13. The lowest BCUT2D eigenvalue weighted by Gasteiger charge is -2.07. The molecule has 27 heavy (non-hydrogen) atoms. The molecule has 0 aliphatic rings. The molecule has 0 saturated carbocycles. The van der Waals surface area contributed by atoms with Gasteiger partial charge in [0.15, 0.2) is 4.34 Å². The average molecular weight is 440 g/mol. The number of nitrogens with one attached hydrogen (secondary N) is 1. The second-order valence-corrected chi connectivity index (χ2v) is 8.91. The number of hydrogen-bond donors (Lipinski definition) is 1. The fourth-order valence-corrected chi connectivity index (χ4v) is 4.75. The summed E-state index contributed by atoms with van der Waals surface area (Å²) in [6.45, 7) is 0. The second kappa shape index (κ2) is 8.48. The predicted molar refractivity (Wildman–Crippen MR) is 113 cm³/mol. The van der Waals surface area contributed by atoms with Gasteiger partial charge in [0.25, 0.3) is 5.91 Å². The maximum Gasteiger partial charge on any atom is 0.257 e. The normalized spacial score (nSPS) is 10.8. The third kappa shape index (κ3) is 4.93. The van der Waals surface area contributed by atoms with E-state index in [0.29, 0.717) is 27.0 Å². The summed E-state index contributed by atoms with van der Waals surface area (Å²) in [6.07, 6.45) is 0. The number of thioether (sulfide) groups is 1. The van der Waals surface area contributed by atoms with Crippen molar-refractivity contribution in [1.82, 2.24) is 9.88 Å². The van der Waals surface area contributed by atoms with Gasteiger partial charge in [-0.3, -0.25) is 9.59 Å². The number of aromatic nitrogens is 1. The molecule has 0 bridgehead atoms. The van der Waals surface area contributed by atoms with Crippen molar-refractivity contribution in [2.24, 2.45) is 0 Å². The Morgan fingerprint density at radius 3 is 2.67 bits per heavy atom. The standard InChI is InChI=1S/C18H15Cl2N3O2S2/c1-23(2)16(24)9-26-18-22-14-6-4-11(8-15(14)27-18)21-17(25)12-5-3-10(19)7-13(12)20/h3-8H,9H2,1-2H3,(H,21,25). The molecule has 1 aromatic heterocycles. The Hall–Kier alpha value is -1.80. The minimum atomic E-state index is -0.313. The molecule has 1 N–H and O–H groups in total. The number of carbonyl (C=O) groups excluding carboxylic acids is 2. The van der Waals surface area contributed by atoms with Crippen molar-refractivity contribution < 1.29 is 9.59 Å². The van der Waals surface area contributed by atoms with Crippen LogP contribution < -0.4 is 5.32 Å². The lowest BCUT2D eigenvalue weighted by atomic mass is 10.2. The summed E-state index contributed by atoms with van der Waals surface area (Å²) < 4.78 is 1.74. The van der Waals surface area contributed by atoms with E-state index in [0.717, 1.165) is 14.6 Å².